The van der Waals surface area contributed by atoms with Crippen molar-refractivity contribution in [3.05, 3.63) is 67.7 Å². The van der Waals surface area contributed by atoms with Crippen LogP contribution in [0.3, 0.4) is 0 Å². The lowest BCUT2D eigenvalue weighted by Crippen LogP contribution is -2.14. The first kappa shape index (κ1) is 15.3. The number of benzene rings is 2. The maximum Gasteiger partial charge on any atom is 0.285 e. The molecule has 0 heterocycles. The third-order valence-electron chi connectivity index (χ3n) is 2.84. The predicted octanol–water partition coefficient (Wildman–Crippen LogP) is 4.46. The molecule has 2 rings (SSSR count). The SMILES string of the molecule is Cc1cccc(C(=O)Nc2ccc(Cl)c(Cl)c2)c1[N+](=O)[O-]. The van der Waals surface area contributed by atoms with E-state index in [4.69, 9.17) is 23.2 Å². The van der Waals surface area contributed by atoms with Gasteiger partial charge in [-0.2, -0.15) is 0 Å². The molecular formula is C14H10Cl2N2O3. The highest BCUT2D eigenvalue weighted by Gasteiger charge is 2.22. The van der Waals surface area contributed by atoms with Gasteiger partial charge in [-0.05, 0) is 31.2 Å². The molecule has 0 unspecified atom stereocenters. The fraction of sp³-hybridized carbons (Fsp3) is 0.0714. The molecule has 1 amide bonds. The Hall–Kier alpha value is -2.11. The molecular weight excluding hydrogens is 315 g/mol. The summed E-state index contributed by atoms with van der Waals surface area (Å²) < 4.78 is 0. The highest BCUT2D eigenvalue weighted by molar-refractivity contribution is 6.42. The van der Waals surface area contributed by atoms with Crippen molar-refractivity contribution in [2.24, 2.45) is 0 Å². The second kappa shape index (κ2) is 6.11. The zero-order valence-electron chi connectivity index (χ0n) is 10.9. The van der Waals surface area contributed by atoms with Crippen molar-refractivity contribution in [3.63, 3.8) is 0 Å². The third-order valence-corrected chi connectivity index (χ3v) is 3.58. The van der Waals surface area contributed by atoms with Crippen molar-refractivity contribution in [2.75, 3.05) is 5.32 Å². The van der Waals surface area contributed by atoms with Crippen molar-refractivity contribution < 1.29 is 9.72 Å². The van der Waals surface area contributed by atoms with Crippen LogP contribution in [0.5, 0.6) is 0 Å². The molecule has 0 radical (unpaired) electrons. The third kappa shape index (κ3) is 3.32. The average molecular weight is 325 g/mol. The van der Waals surface area contributed by atoms with Gasteiger partial charge in [-0.1, -0.05) is 35.3 Å². The fourth-order valence-corrected chi connectivity index (χ4v) is 2.15. The number of hydrogen-bond donors (Lipinski definition) is 1. The molecule has 0 bridgehead atoms. The number of carbonyl (C=O) groups excluding carboxylic acids is 1. The van der Waals surface area contributed by atoms with Crippen molar-refractivity contribution >= 4 is 40.5 Å². The minimum absolute atomic E-state index is 0.00827. The highest BCUT2D eigenvalue weighted by Crippen LogP contribution is 2.27. The number of nitro benzene ring substituents is 1. The molecule has 1 N–H and O–H groups in total. The Labute approximate surface area is 130 Å². The van der Waals surface area contributed by atoms with Gasteiger partial charge < -0.3 is 5.32 Å². The number of amides is 1. The van der Waals surface area contributed by atoms with E-state index < -0.39 is 10.8 Å². The van der Waals surface area contributed by atoms with Gasteiger partial charge in [-0.3, -0.25) is 14.9 Å². The van der Waals surface area contributed by atoms with Crippen molar-refractivity contribution in [1.82, 2.24) is 0 Å². The number of hydrogen-bond acceptors (Lipinski definition) is 3. The van der Waals surface area contributed by atoms with Crippen LogP contribution in [-0.2, 0) is 0 Å². The van der Waals surface area contributed by atoms with E-state index in [0.717, 1.165) is 0 Å². The summed E-state index contributed by atoms with van der Waals surface area (Å²) in [6.45, 7) is 1.58. The largest absolute Gasteiger partial charge is 0.322 e. The van der Waals surface area contributed by atoms with Crippen molar-refractivity contribution in [1.29, 1.82) is 0 Å². The topological polar surface area (TPSA) is 72.2 Å². The summed E-state index contributed by atoms with van der Waals surface area (Å²) in [6, 6.07) is 9.14. The van der Waals surface area contributed by atoms with E-state index in [2.05, 4.69) is 5.32 Å². The van der Waals surface area contributed by atoms with Crippen LogP contribution in [0.2, 0.25) is 10.0 Å². The first-order valence-electron chi connectivity index (χ1n) is 5.90. The van der Waals surface area contributed by atoms with E-state index in [-0.39, 0.29) is 16.3 Å². The Morgan fingerprint density at radius 2 is 1.90 bits per heavy atom. The molecule has 7 heteroatoms. The van der Waals surface area contributed by atoms with Gasteiger partial charge in [-0.15, -0.1) is 0 Å². The van der Waals surface area contributed by atoms with Gasteiger partial charge in [0, 0.05) is 11.3 Å². The Bertz CT molecular complexity index is 732. The van der Waals surface area contributed by atoms with E-state index >= 15 is 0 Å². The summed E-state index contributed by atoms with van der Waals surface area (Å²) in [6.07, 6.45) is 0. The van der Waals surface area contributed by atoms with E-state index in [1.54, 1.807) is 25.1 Å². The molecule has 0 aliphatic carbocycles. The number of aryl methyl sites for hydroxylation is 1. The number of halogens is 2. The first-order chi connectivity index (χ1) is 9.90. The lowest BCUT2D eigenvalue weighted by molar-refractivity contribution is -0.385. The van der Waals surface area contributed by atoms with Crippen LogP contribution in [0.15, 0.2) is 36.4 Å². The smallest absolute Gasteiger partial charge is 0.285 e. The Balaban J connectivity index is 2.35. The van der Waals surface area contributed by atoms with Crippen LogP contribution in [0, 0.1) is 17.0 Å². The minimum atomic E-state index is -0.580. The van der Waals surface area contributed by atoms with E-state index in [1.165, 1.54) is 18.2 Å². The van der Waals surface area contributed by atoms with Crippen LogP contribution >= 0.6 is 23.2 Å². The second-order valence-electron chi connectivity index (χ2n) is 4.31. The molecule has 2 aromatic rings. The van der Waals surface area contributed by atoms with E-state index in [0.29, 0.717) is 16.3 Å². The number of nitro groups is 1. The summed E-state index contributed by atoms with van der Waals surface area (Å²) in [7, 11) is 0. The maximum atomic E-state index is 12.2. The summed E-state index contributed by atoms with van der Waals surface area (Å²) in [5.74, 6) is -0.580. The Morgan fingerprint density at radius 1 is 1.19 bits per heavy atom. The second-order valence-corrected chi connectivity index (χ2v) is 5.13. The summed E-state index contributed by atoms with van der Waals surface area (Å²) in [5, 5.41) is 14.3. The number of nitrogens with one attached hydrogen (secondary N) is 1. The summed E-state index contributed by atoms with van der Waals surface area (Å²) in [4.78, 5) is 22.7. The van der Waals surface area contributed by atoms with Gasteiger partial charge in [0.2, 0.25) is 0 Å². The van der Waals surface area contributed by atoms with Crippen LogP contribution in [-0.4, -0.2) is 10.8 Å². The van der Waals surface area contributed by atoms with E-state index in [9.17, 15) is 14.9 Å². The van der Waals surface area contributed by atoms with Gasteiger partial charge in [0.1, 0.15) is 5.56 Å². The number of para-hydroxylation sites is 1. The number of anilines is 1. The molecule has 0 saturated heterocycles. The lowest BCUT2D eigenvalue weighted by atomic mass is 10.1. The molecule has 5 nitrogen and oxygen atoms in total. The molecule has 108 valence electrons. The van der Waals surface area contributed by atoms with Gasteiger partial charge in [0.25, 0.3) is 11.6 Å². The molecule has 2 aromatic carbocycles. The fourth-order valence-electron chi connectivity index (χ4n) is 1.86. The lowest BCUT2D eigenvalue weighted by Gasteiger charge is -2.08. The maximum absolute atomic E-state index is 12.2. The summed E-state index contributed by atoms with van der Waals surface area (Å²) >= 11 is 11.6. The first-order valence-corrected chi connectivity index (χ1v) is 6.66. The molecule has 0 saturated carbocycles. The van der Waals surface area contributed by atoms with Gasteiger partial charge in [-0.25, -0.2) is 0 Å². The van der Waals surface area contributed by atoms with Crippen LogP contribution in [0.1, 0.15) is 15.9 Å². The molecule has 21 heavy (non-hydrogen) atoms. The Morgan fingerprint density at radius 3 is 2.52 bits per heavy atom. The van der Waals surface area contributed by atoms with Gasteiger partial charge in [0.15, 0.2) is 0 Å². The number of carbonyl (C=O) groups is 1. The highest BCUT2D eigenvalue weighted by atomic mass is 35.5. The predicted molar refractivity (Wildman–Crippen MR) is 82.2 cm³/mol. The Kier molecular flexibility index (Phi) is 4.45. The van der Waals surface area contributed by atoms with Crippen LogP contribution in [0.4, 0.5) is 11.4 Å². The molecule has 0 spiro atoms. The standard InChI is InChI=1S/C14H10Cl2N2O3/c1-8-3-2-4-10(13(8)18(20)21)14(19)17-9-5-6-11(15)12(16)7-9/h2-7H,1H3,(H,17,19). The zero-order valence-corrected chi connectivity index (χ0v) is 12.4. The average Bonchev–Trinajstić information content (AvgIpc) is 2.42. The molecule has 0 aliphatic heterocycles. The minimum Gasteiger partial charge on any atom is -0.322 e. The van der Waals surface area contributed by atoms with E-state index in [1.807, 2.05) is 0 Å². The normalized spacial score (nSPS) is 10.2. The summed E-state index contributed by atoms with van der Waals surface area (Å²) in [5.41, 5.74) is 0.605. The molecule has 0 aromatic heterocycles. The zero-order chi connectivity index (χ0) is 15.6. The monoisotopic (exact) mass is 324 g/mol. The van der Waals surface area contributed by atoms with Crippen molar-refractivity contribution in [2.45, 2.75) is 6.92 Å². The molecule has 0 fully saturated rings. The molecule has 0 atom stereocenters. The number of rotatable bonds is 3. The number of nitrogens with zero attached hydrogens (tertiary/aromatic N) is 1. The van der Waals surface area contributed by atoms with Crippen molar-refractivity contribution in [3.8, 4) is 0 Å². The van der Waals surface area contributed by atoms with Gasteiger partial charge >= 0.3 is 0 Å². The van der Waals surface area contributed by atoms with Crippen LogP contribution < -0.4 is 5.32 Å². The molecule has 0 aliphatic rings. The quantitative estimate of drug-likeness (QED) is 0.669. The van der Waals surface area contributed by atoms with Crippen LogP contribution in [0.25, 0.3) is 0 Å². The van der Waals surface area contributed by atoms with Gasteiger partial charge in [0.05, 0.1) is 15.0 Å².